The molecule has 6 aromatic carbocycles. The summed E-state index contributed by atoms with van der Waals surface area (Å²) in [5.41, 5.74) is 23.6. The average Bonchev–Trinajstić information content (AvgIpc) is 3.64. The first kappa shape index (κ1) is 44.5. The van der Waals surface area contributed by atoms with Gasteiger partial charge in [0, 0.05) is 33.0 Å². The van der Waals surface area contributed by atoms with Crippen LogP contribution in [0, 0.1) is 6.92 Å². The predicted molar refractivity (Wildman–Crippen MR) is 294 cm³/mol. The predicted octanol–water partition coefficient (Wildman–Crippen LogP) is 16.3. The molecular weight excluding hydrogens is 828 g/mol. The van der Waals surface area contributed by atoms with Crippen LogP contribution in [0.1, 0.15) is 162 Å². The monoisotopic (exact) mass is 899 g/mol. The number of thiophene rings is 1. The van der Waals surface area contributed by atoms with E-state index in [-0.39, 0.29) is 39.2 Å². The summed E-state index contributed by atoms with van der Waals surface area (Å²) in [5.74, 6) is 0. The van der Waals surface area contributed by atoms with Crippen molar-refractivity contribution < 1.29 is 0 Å². The van der Waals surface area contributed by atoms with Gasteiger partial charge in [0.1, 0.15) is 0 Å². The smallest absolute Gasteiger partial charge is 0.254 e. The fourth-order valence-corrected chi connectivity index (χ4v) is 13.7. The van der Waals surface area contributed by atoms with Crippen LogP contribution in [0.15, 0.2) is 109 Å². The van der Waals surface area contributed by atoms with E-state index in [1.54, 1.807) is 0 Å². The molecule has 2 aliphatic carbocycles. The molecular formula is C63H71BN2S. The molecule has 0 spiro atoms. The Balaban J connectivity index is 1.29. The molecule has 0 atom stereocenters. The molecule has 1 aromatic heterocycles. The molecule has 3 heterocycles. The Labute approximate surface area is 406 Å². The summed E-state index contributed by atoms with van der Waals surface area (Å²) in [5, 5.41) is 2.73. The molecule has 11 rings (SSSR count). The topological polar surface area (TPSA) is 6.48 Å². The molecule has 4 aliphatic rings. The second-order valence-electron chi connectivity index (χ2n) is 25.7. The number of rotatable bonds is 3. The van der Waals surface area contributed by atoms with Gasteiger partial charge in [0.15, 0.2) is 0 Å². The normalized spacial score (nSPS) is 18.5. The highest BCUT2D eigenvalue weighted by Crippen LogP contribution is 2.55. The molecule has 0 radical (unpaired) electrons. The lowest BCUT2D eigenvalue weighted by atomic mass is 9.33. The van der Waals surface area contributed by atoms with Gasteiger partial charge in [-0.05, 0) is 180 Å². The van der Waals surface area contributed by atoms with Gasteiger partial charge in [-0.2, -0.15) is 0 Å². The Kier molecular flexibility index (Phi) is 9.61. The van der Waals surface area contributed by atoms with Crippen LogP contribution in [0.3, 0.4) is 0 Å². The molecule has 0 fully saturated rings. The van der Waals surface area contributed by atoms with Gasteiger partial charge in [0.2, 0.25) is 0 Å². The van der Waals surface area contributed by atoms with E-state index in [4.69, 9.17) is 0 Å². The van der Waals surface area contributed by atoms with Crippen molar-refractivity contribution in [2.45, 2.75) is 162 Å². The number of hydrogen-bond donors (Lipinski definition) is 0. The Morgan fingerprint density at radius 2 is 1.04 bits per heavy atom. The van der Waals surface area contributed by atoms with E-state index in [1.165, 1.54) is 136 Å². The molecule has 7 aromatic rings. The molecule has 0 saturated carbocycles. The lowest BCUT2D eigenvalue weighted by molar-refractivity contribution is 0.332. The van der Waals surface area contributed by atoms with Crippen molar-refractivity contribution in [3.8, 4) is 11.1 Å². The Morgan fingerprint density at radius 3 is 1.67 bits per heavy atom. The highest BCUT2D eigenvalue weighted by molar-refractivity contribution is 7.26. The first-order valence-corrected chi connectivity index (χ1v) is 26.0. The third-order valence-electron chi connectivity index (χ3n) is 17.0. The minimum Gasteiger partial charge on any atom is -0.311 e. The molecule has 4 heteroatoms. The summed E-state index contributed by atoms with van der Waals surface area (Å²) in [6, 6.07) is 43.8. The van der Waals surface area contributed by atoms with Gasteiger partial charge in [-0.1, -0.05) is 158 Å². The van der Waals surface area contributed by atoms with Crippen LogP contribution in [0.25, 0.3) is 21.2 Å². The van der Waals surface area contributed by atoms with Gasteiger partial charge in [0.05, 0.1) is 10.7 Å². The van der Waals surface area contributed by atoms with Crippen LogP contribution in [0.2, 0.25) is 0 Å². The van der Waals surface area contributed by atoms with Crippen molar-refractivity contribution >= 4 is 78.0 Å². The maximum atomic E-state index is 2.72. The molecule has 342 valence electrons. The van der Waals surface area contributed by atoms with Crippen LogP contribution in [0.4, 0.5) is 33.4 Å². The first-order chi connectivity index (χ1) is 31.4. The van der Waals surface area contributed by atoms with E-state index < -0.39 is 0 Å². The summed E-state index contributed by atoms with van der Waals surface area (Å²) in [7, 11) is 0. The Morgan fingerprint density at radius 1 is 0.493 bits per heavy atom. The van der Waals surface area contributed by atoms with E-state index in [0.717, 1.165) is 0 Å². The largest absolute Gasteiger partial charge is 0.311 e. The number of fused-ring (bicyclic) bond motifs is 8. The second-order valence-corrected chi connectivity index (χ2v) is 26.7. The van der Waals surface area contributed by atoms with Gasteiger partial charge >= 0.3 is 0 Å². The lowest BCUT2D eigenvalue weighted by Crippen LogP contribution is -2.61. The fourth-order valence-electron chi connectivity index (χ4n) is 12.5. The number of anilines is 6. The summed E-state index contributed by atoms with van der Waals surface area (Å²) < 4.78 is 1.35. The van der Waals surface area contributed by atoms with E-state index in [1.807, 2.05) is 11.3 Å². The molecule has 2 aliphatic heterocycles. The van der Waals surface area contributed by atoms with Gasteiger partial charge < -0.3 is 9.80 Å². The van der Waals surface area contributed by atoms with E-state index >= 15 is 0 Å². The summed E-state index contributed by atoms with van der Waals surface area (Å²) in [6.45, 7) is 36.3. The quantitative estimate of drug-likeness (QED) is 0.163. The fraction of sp³-hybridized carbons (Fsp3) is 0.397. The van der Waals surface area contributed by atoms with E-state index in [0.29, 0.717) is 0 Å². The molecule has 0 amide bonds. The van der Waals surface area contributed by atoms with Gasteiger partial charge in [-0.25, -0.2) is 0 Å². The van der Waals surface area contributed by atoms with Gasteiger partial charge in [0.25, 0.3) is 6.71 Å². The summed E-state index contributed by atoms with van der Waals surface area (Å²) in [6.07, 6.45) is 4.75. The third-order valence-corrected chi connectivity index (χ3v) is 18.1. The maximum absolute atomic E-state index is 2.72. The van der Waals surface area contributed by atoms with Crippen molar-refractivity contribution in [1.82, 2.24) is 0 Å². The number of nitrogens with zero attached hydrogens (tertiary/aromatic N) is 2. The second kappa shape index (κ2) is 14.5. The van der Waals surface area contributed by atoms with Crippen LogP contribution < -0.4 is 26.2 Å². The molecule has 0 N–H and O–H groups in total. The highest BCUT2D eigenvalue weighted by Gasteiger charge is 2.49. The summed E-state index contributed by atoms with van der Waals surface area (Å²) >= 11 is 1.98. The van der Waals surface area contributed by atoms with E-state index in [9.17, 15) is 0 Å². The molecule has 0 saturated heterocycles. The highest BCUT2D eigenvalue weighted by atomic mass is 32.1. The zero-order valence-electron chi connectivity index (χ0n) is 43.1. The Bertz CT molecular complexity index is 3180. The van der Waals surface area contributed by atoms with Crippen molar-refractivity contribution in [3.05, 3.63) is 148 Å². The molecule has 67 heavy (non-hydrogen) atoms. The minimum atomic E-state index is -0.00592. The molecule has 0 bridgehead atoms. The van der Waals surface area contributed by atoms with Crippen molar-refractivity contribution in [3.63, 3.8) is 0 Å². The van der Waals surface area contributed by atoms with Crippen LogP contribution in [-0.4, -0.2) is 6.71 Å². The molecule has 0 unspecified atom stereocenters. The average molecular weight is 899 g/mol. The number of hydrogen-bond acceptors (Lipinski definition) is 3. The standard InChI is InChI=1S/C63H71BN2S/c1-38-31-52-56-53(32-38)66(50-25-21-40(58(2,3)4)33-43(50)39-19-17-16-18-20-39)57-55(44-34-41(59(5,6)7)22-26-54(44)67-57)64(56)49-36-47-48(63(14,15)30-29-62(47,12)13)37-51(49)65(52)42-23-24-45-46(35-42)61(10,11)28-27-60(45,8)9/h16-26,31-37H,27-30H2,1-15H3. The zero-order chi connectivity index (χ0) is 47.5. The van der Waals surface area contributed by atoms with Crippen LogP contribution >= 0.6 is 11.3 Å². The SMILES string of the molecule is Cc1cc2c3c(c1)N(c1ccc(C(C)(C)C)cc1-c1ccccc1)c1sc4ccc(C(C)(C)C)cc4c1B3c1cc3c(cc1N2c1ccc2c(c1)C(C)(C)CCC2(C)C)C(C)(C)CCC3(C)C. The maximum Gasteiger partial charge on any atom is 0.254 e. The van der Waals surface area contributed by atoms with Gasteiger partial charge in [-0.3, -0.25) is 0 Å². The van der Waals surface area contributed by atoms with Crippen molar-refractivity contribution in [2.75, 3.05) is 9.80 Å². The molecule has 2 nitrogen and oxygen atoms in total. The van der Waals surface area contributed by atoms with Crippen LogP contribution in [0.5, 0.6) is 0 Å². The Hall–Kier alpha value is -5.06. The van der Waals surface area contributed by atoms with E-state index in [2.05, 4.69) is 223 Å². The first-order valence-electron chi connectivity index (χ1n) is 25.2. The lowest BCUT2D eigenvalue weighted by Gasteiger charge is -2.47. The third kappa shape index (κ3) is 6.84. The minimum absolute atomic E-state index is 0.00551. The summed E-state index contributed by atoms with van der Waals surface area (Å²) in [4.78, 5) is 5.41. The van der Waals surface area contributed by atoms with Crippen LogP contribution in [-0.2, 0) is 32.5 Å². The number of benzene rings is 6. The zero-order valence-corrected chi connectivity index (χ0v) is 43.9. The van der Waals surface area contributed by atoms with Crippen molar-refractivity contribution in [2.24, 2.45) is 0 Å². The van der Waals surface area contributed by atoms with Crippen molar-refractivity contribution in [1.29, 1.82) is 0 Å². The number of aryl methyl sites for hydroxylation is 1. The van der Waals surface area contributed by atoms with Gasteiger partial charge in [-0.15, -0.1) is 11.3 Å².